The summed E-state index contributed by atoms with van der Waals surface area (Å²) < 4.78 is 16.3. The second-order valence-electron chi connectivity index (χ2n) is 9.14. The summed E-state index contributed by atoms with van der Waals surface area (Å²) >= 11 is 2.48. The Kier molecular flexibility index (Phi) is 26.2. The first-order valence-corrected chi connectivity index (χ1v) is 16.4. The van der Waals surface area contributed by atoms with Crippen LogP contribution in [0.2, 0.25) is 0 Å². The van der Waals surface area contributed by atoms with Gasteiger partial charge in [0, 0.05) is 0 Å². The summed E-state index contributed by atoms with van der Waals surface area (Å²) in [6.45, 7) is 0.170. The highest BCUT2D eigenvalue weighted by molar-refractivity contribution is 14.1. The molecular weight excluding hydrogens is 522 g/mol. The quantitative estimate of drug-likeness (QED) is 0.0467. The zero-order chi connectivity index (χ0) is 22.9. The molecule has 0 atom stereocenters. The van der Waals surface area contributed by atoms with Gasteiger partial charge in [-0.15, -0.1) is 0 Å². The van der Waals surface area contributed by atoms with E-state index in [1.54, 1.807) is 0 Å². The van der Waals surface area contributed by atoms with E-state index in [0.29, 0.717) is 0 Å². The van der Waals surface area contributed by atoms with E-state index in [1.165, 1.54) is 133 Å². The van der Waals surface area contributed by atoms with Crippen molar-refractivity contribution in [2.45, 2.75) is 148 Å². The molecule has 0 aliphatic carbocycles. The van der Waals surface area contributed by atoms with E-state index in [0.717, 1.165) is 19.3 Å². The van der Waals surface area contributed by atoms with Crippen molar-refractivity contribution in [1.82, 2.24) is 0 Å². The normalized spacial score (nSPS) is 12.0. The van der Waals surface area contributed by atoms with E-state index >= 15 is 0 Å². The van der Waals surface area contributed by atoms with Gasteiger partial charge in [0.2, 0.25) is 0 Å². The van der Waals surface area contributed by atoms with Gasteiger partial charge in [-0.1, -0.05) is 157 Å². The van der Waals surface area contributed by atoms with E-state index in [4.69, 9.17) is 9.79 Å². The van der Waals surface area contributed by atoms with Crippen LogP contribution in [0, 0.1) is 0 Å². The maximum absolute atomic E-state index is 10.5. The summed E-state index contributed by atoms with van der Waals surface area (Å²) in [6, 6.07) is 0. The van der Waals surface area contributed by atoms with Gasteiger partial charge in [0.05, 0.1) is 6.61 Å². The molecule has 0 radical (unpaired) electrons. The molecular formula is C25H52IO4P. The minimum Gasteiger partial charge on any atom is -0.303 e. The first-order valence-electron chi connectivity index (χ1n) is 13.3. The highest BCUT2D eigenvalue weighted by Crippen LogP contribution is 2.35. The van der Waals surface area contributed by atoms with Crippen LogP contribution >= 0.6 is 30.4 Å². The minimum atomic E-state index is -4.26. The second-order valence-corrected chi connectivity index (χ2v) is 11.5. The molecule has 0 aliphatic rings. The third-order valence-corrected chi connectivity index (χ3v) is 7.32. The third-order valence-electron chi connectivity index (χ3n) is 6.04. The van der Waals surface area contributed by atoms with Crippen molar-refractivity contribution in [2.75, 3.05) is 11.0 Å². The molecule has 0 aromatic rings. The highest BCUT2D eigenvalue weighted by atomic mass is 127. The molecule has 0 bridgehead atoms. The van der Waals surface area contributed by atoms with E-state index in [1.807, 2.05) is 0 Å². The van der Waals surface area contributed by atoms with Crippen LogP contribution in [-0.4, -0.2) is 20.8 Å². The Morgan fingerprint density at radius 1 is 0.452 bits per heavy atom. The van der Waals surface area contributed by atoms with Crippen molar-refractivity contribution >= 4 is 30.4 Å². The van der Waals surface area contributed by atoms with Gasteiger partial charge < -0.3 is 9.79 Å². The molecule has 0 aromatic carbocycles. The van der Waals surface area contributed by atoms with Crippen LogP contribution in [0.5, 0.6) is 0 Å². The van der Waals surface area contributed by atoms with Crippen LogP contribution < -0.4 is 0 Å². The Morgan fingerprint density at radius 3 is 0.903 bits per heavy atom. The zero-order valence-corrected chi connectivity index (χ0v) is 23.3. The molecule has 188 valence electrons. The molecule has 0 unspecified atom stereocenters. The van der Waals surface area contributed by atoms with Crippen molar-refractivity contribution in [3.05, 3.63) is 0 Å². The number of alkyl halides is 1. The van der Waals surface area contributed by atoms with Crippen molar-refractivity contribution in [2.24, 2.45) is 0 Å². The number of halogens is 1. The first kappa shape index (κ1) is 31.8. The Hall–Kier alpha value is 0.840. The Labute approximate surface area is 207 Å². The van der Waals surface area contributed by atoms with Gasteiger partial charge in [-0.2, -0.15) is 0 Å². The lowest BCUT2D eigenvalue weighted by atomic mass is 10.0. The molecule has 4 nitrogen and oxygen atoms in total. The van der Waals surface area contributed by atoms with Crippen LogP contribution in [0.3, 0.4) is 0 Å². The summed E-state index contributed by atoms with van der Waals surface area (Å²) in [5.41, 5.74) is 0. The van der Waals surface area contributed by atoms with Crippen LogP contribution in [0.4, 0.5) is 0 Å². The van der Waals surface area contributed by atoms with Crippen LogP contribution in [-0.2, 0) is 9.09 Å². The van der Waals surface area contributed by atoms with Crippen LogP contribution in [0.1, 0.15) is 148 Å². The largest absolute Gasteiger partial charge is 0.469 e. The van der Waals surface area contributed by atoms with Crippen LogP contribution in [0.25, 0.3) is 0 Å². The van der Waals surface area contributed by atoms with Gasteiger partial charge in [-0.25, -0.2) is 4.57 Å². The number of rotatable bonds is 26. The lowest BCUT2D eigenvalue weighted by Crippen LogP contribution is -1.92. The van der Waals surface area contributed by atoms with Gasteiger partial charge in [-0.3, -0.25) is 4.52 Å². The van der Waals surface area contributed by atoms with E-state index in [-0.39, 0.29) is 6.61 Å². The third kappa shape index (κ3) is 30.8. The summed E-state index contributed by atoms with van der Waals surface area (Å²) in [5, 5.41) is 0. The van der Waals surface area contributed by atoms with Gasteiger partial charge in [0.1, 0.15) is 0 Å². The average Bonchev–Trinajstić information content (AvgIpc) is 2.73. The van der Waals surface area contributed by atoms with E-state index < -0.39 is 7.82 Å². The number of phosphoric ester groups is 1. The van der Waals surface area contributed by atoms with Crippen LogP contribution in [0.15, 0.2) is 0 Å². The maximum Gasteiger partial charge on any atom is 0.469 e. The van der Waals surface area contributed by atoms with Gasteiger partial charge >= 0.3 is 7.82 Å². The molecule has 0 saturated heterocycles. The number of phosphoric acid groups is 1. The van der Waals surface area contributed by atoms with Crippen molar-refractivity contribution in [3.8, 4) is 0 Å². The lowest BCUT2D eigenvalue weighted by Gasteiger charge is -2.05. The Balaban J connectivity index is 3.03. The Bertz CT molecular complexity index is 390. The molecule has 0 heterocycles. The van der Waals surface area contributed by atoms with Gasteiger partial charge in [-0.05, 0) is 17.3 Å². The summed E-state index contributed by atoms with van der Waals surface area (Å²) in [5.74, 6) is 0. The highest BCUT2D eigenvalue weighted by Gasteiger charge is 2.12. The minimum absolute atomic E-state index is 0.170. The fourth-order valence-electron chi connectivity index (χ4n) is 4.09. The molecule has 0 aromatic heterocycles. The lowest BCUT2D eigenvalue weighted by molar-refractivity contribution is 0.193. The number of hydrogen-bond acceptors (Lipinski definition) is 2. The summed E-state index contributed by atoms with van der Waals surface area (Å²) in [6.07, 6.45) is 31.1. The molecule has 0 saturated carbocycles. The summed E-state index contributed by atoms with van der Waals surface area (Å²) in [7, 11) is -4.26. The topological polar surface area (TPSA) is 66.8 Å². The fraction of sp³-hybridized carbons (Fsp3) is 1.00. The number of unbranched alkanes of at least 4 members (excludes halogenated alkanes) is 22. The molecule has 6 heteroatoms. The molecule has 0 amide bonds. The molecule has 0 fully saturated rings. The molecule has 31 heavy (non-hydrogen) atoms. The monoisotopic (exact) mass is 574 g/mol. The maximum atomic E-state index is 10.5. The predicted molar refractivity (Wildman–Crippen MR) is 143 cm³/mol. The average molecular weight is 575 g/mol. The van der Waals surface area contributed by atoms with Crippen molar-refractivity contribution in [1.29, 1.82) is 0 Å². The first-order chi connectivity index (χ1) is 15.1. The van der Waals surface area contributed by atoms with Gasteiger partial charge in [0.15, 0.2) is 0 Å². The fourth-order valence-corrected chi connectivity index (χ4v) is 5.00. The molecule has 0 rings (SSSR count). The molecule has 0 aliphatic heterocycles. The number of hydrogen-bond donors (Lipinski definition) is 2. The van der Waals surface area contributed by atoms with Gasteiger partial charge in [0.25, 0.3) is 0 Å². The SMILES string of the molecule is O=P(O)(O)OCCCCCCCCCCCCCCCCCCCCCCCCCI. The smallest absolute Gasteiger partial charge is 0.303 e. The second kappa shape index (κ2) is 25.5. The predicted octanol–water partition coefficient (Wildman–Crippen LogP) is 9.50. The van der Waals surface area contributed by atoms with E-state index in [9.17, 15) is 4.57 Å². The Morgan fingerprint density at radius 2 is 0.677 bits per heavy atom. The molecule has 0 spiro atoms. The zero-order valence-electron chi connectivity index (χ0n) is 20.2. The summed E-state index contributed by atoms with van der Waals surface area (Å²) in [4.78, 5) is 17.2. The van der Waals surface area contributed by atoms with Crippen molar-refractivity contribution in [3.63, 3.8) is 0 Å². The van der Waals surface area contributed by atoms with E-state index in [2.05, 4.69) is 27.1 Å². The standard InChI is InChI=1S/C25H52IO4P/c26-24-22-20-18-16-14-12-10-8-6-4-2-1-3-5-7-9-11-13-15-17-19-21-23-25-30-31(27,28)29/h1-25H2,(H2,27,28,29). The molecule has 2 N–H and O–H groups in total. The van der Waals surface area contributed by atoms with Crippen molar-refractivity contribution < 1.29 is 18.9 Å².